The summed E-state index contributed by atoms with van der Waals surface area (Å²) in [5.74, 6) is -0.728. The fraction of sp³-hybridized carbons (Fsp3) is 0.667. The van der Waals surface area contributed by atoms with E-state index in [1.165, 1.54) is 12.8 Å². The van der Waals surface area contributed by atoms with Crippen LogP contribution < -0.4 is 0 Å². The number of aliphatic carboxylic acids is 1. The van der Waals surface area contributed by atoms with Gasteiger partial charge in [0.1, 0.15) is 0 Å². The van der Waals surface area contributed by atoms with Crippen LogP contribution in [-0.4, -0.2) is 38.3 Å². The van der Waals surface area contributed by atoms with Gasteiger partial charge in [-0.05, 0) is 19.8 Å². The number of carboxylic acids is 1. The third-order valence-corrected chi connectivity index (χ3v) is 3.30. The minimum atomic E-state index is -0.728. The Morgan fingerprint density at radius 1 is 1.71 bits per heavy atom. The second-order valence-electron chi connectivity index (χ2n) is 4.74. The van der Waals surface area contributed by atoms with Gasteiger partial charge in [0.25, 0.3) is 0 Å². The predicted octanol–water partition coefficient (Wildman–Crippen LogP) is 1.42. The zero-order chi connectivity index (χ0) is 12.4. The summed E-state index contributed by atoms with van der Waals surface area (Å²) in [4.78, 5) is 12.9. The van der Waals surface area contributed by atoms with E-state index in [0.29, 0.717) is 12.6 Å². The van der Waals surface area contributed by atoms with Gasteiger partial charge in [0.2, 0.25) is 0 Å². The lowest BCUT2D eigenvalue weighted by Crippen LogP contribution is -2.31. The van der Waals surface area contributed by atoms with E-state index in [0.717, 1.165) is 5.56 Å². The van der Waals surface area contributed by atoms with E-state index in [1.807, 2.05) is 19.4 Å². The molecule has 0 bridgehead atoms. The van der Waals surface area contributed by atoms with Gasteiger partial charge in [0.15, 0.2) is 0 Å². The number of carbonyl (C=O) groups is 1. The Bertz CT molecular complexity index is 398. The van der Waals surface area contributed by atoms with Crippen LogP contribution in [0.25, 0.3) is 0 Å². The minimum absolute atomic E-state index is 0.209. The standard InChI is InChI=1S/C12H19N3O2/c1-9(10-7-13-14(2)8-10)15(11-3-4-11)6-5-12(16)17/h7-9,11H,3-6H2,1-2H3,(H,16,17). The first-order chi connectivity index (χ1) is 8.08. The average Bonchev–Trinajstić information content (AvgIpc) is 3.00. The maximum atomic E-state index is 10.7. The second kappa shape index (κ2) is 4.87. The molecule has 0 saturated heterocycles. The molecule has 0 amide bonds. The van der Waals surface area contributed by atoms with E-state index in [9.17, 15) is 4.79 Å². The molecule has 0 aromatic carbocycles. The van der Waals surface area contributed by atoms with E-state index >= 15 is 0 Å². The summed E-state index contributed by atoms with van der Waals surface area (Å²) in [6, 6.07) is 0.806. The van der Waals surface area contributed by atoms with Crippen molar-refractivity contribution in [3.05, 3.63) is 18.0 Å². The van der Waals surface area contributed by atoms with Crippen molar-refractivity contribution in [2.45, 2.75) is 38.3 Å². The summed E-state index contributed by atoms with van der Waals surface area (Å²) in [7, 11) is 1.90. The highest BCUT2D eigenvalue weighted by Gasteiger charge is 2.33. The predicted molar refractivity (Wildman–Crippen MR) is 63.6 cm³/mol. The average molecular weight is 237 g/mol. The van der Waals surface area contributed by atoms with Crippen molar-refractivity contribution in [2.24, 2.45) is 7.05 Å². The summed E-state index contributed by atoms with van der Waals surface area (Å²) >= 11 is 0. The minimum Gasteiger partial charge on any atom is -0.481 e. The number of hydrogen-bond donors (Lipinski definition) is 1. The molecule has 1 fully saturated rings. The van der Waals surface area contributed by atoms with Crippen molar-refractivity contribution in [3.63, 3.8) is 0 Å². The normalized spacial score (nSPS) is 17.4. The molecular weight excluding hydrogens is 218 g/mol. The topological polar surface area (TPSA) is 58.4 Å². The third-order valence-electron chi connectivity index (χ3n) is 3.30. The van der Waals surface area contributed by atoms with Gasteiger partial charge >= 0.3 is 5.97 Å². The monoisotopic (exact) mass is 237 g/mol. The van der Waals surface area contributed by atoms with Gasteiger partial charge in [0.05, 0.1) is 12.6 Å². The lowest BCUT2D eigenvalue weighted by molar-refractivity contribution is -0.137. The molecule has 1 aliphatic carbocycles. The lowest BCUT2D eigenvalue weighted by Gasteiger charge is -2.27. The summed E-state index contributed by atoms with van der Waals surface area (Å²) in [5, 5.41) is 12.9. The van der Waals surface area contributed by atoms with Gasteiger partial charge in [-0.2, -0.15) is 5.10 Å². The molecule has 94 valence electrons. The molecular formula is C12H19N3O2. The smallest absolute Gasteiger partial charge is 0.304 e. The van der Waals surface area contributed by atoms with E-state index in [4.69, 9.17) is 5.11 Å². The molecule has 5 heteroatoms. The fourth-order valence-corrected chi connectivity index (χ4v) is 2.17. The van der Waals surface area contributed by atoms with Crippen molar-refractivity contribution in [3.8, 4) is 0 Å². The van der Waals surface area contributed by atoms with Gasteiger partial charge in [0, 0.05) is 37.4 Å². The number of aromatic nitrogens is 2. The molecule has 0 aliphatic heterocycles. The second-order valence-corrected chi connectivity index (χ2v) is 4.74. The van der Waals surface area contributed by atoms with Crippen LogP contribution in [0.1, 0.15) is 37.8 Å². The zero-order valence-corrected chi connectivity index (χ0v) is 10.3. The summed E-state index contributed by atoms with van der Waals surface area (Å²) in [6.07, 6.45) is 6.44. The number of rotatable bonds is 6. The van der Waals surface area contributed by atoms with Crippen LogP contribution in [0.5, 0.6) is 0 Å². The van der Waals surface area contributed by atoms with Gasteiger partial charge in [-0.3, -0.25) is 14.4 Å². The maximum Gasteiger partial charge on any atom is 0.304 e. The molecule has 2 rings (SSSR count). The van der Waals surface area contributed by atoms with E-state index < -0.39 is 5.97 Å². The van der Waals surface area contributed by atoms with Gasteiger partial charge < -0.3 is 5.11 Å². The summed E-state index contributed by atoms with van der Waals surface area (Å²) < 4.78 is 1.79. The van der Waals surface area contributed by atoms with Crippen molar-refractivity contribution in [1.29, 1.82) is 0 Å². The van der Waals surface area contributed by atoms with Crippen molar-refractivity contribution >= 4 is 5.97 Å². The summed E-state index contributed by atoms with van der Waals surface area (Å²) in [5.41, 5.74) is 1.16. The van der Waals surface area contributed by atoms with Crippen LogP contribution in [0.3, 0.4) is 0 Å². The first-order valence-electron chi connectivity index (χ1n) is 6.04. The van der Waals surface area contributed by atoms with E-state index in [2.05, 4.69) is 16.9 Å². The molecule has 1 atom stereocenters. The Balaban J connectivity index is 2.02. The molecule has 1 heterocycles. The quantitative estimate of drug-likeness (QED) is 0.813. The van der Waals surface area contributed by atoms with Crippen LogP contribution >= 0.6 is 0 Å². The Kier molecular flexibility index (Phi) is 3.47. The molecule has 1 saturated carbocycles. The van der Waals surface area contributed by atoms with Gasteiger partial charge in [-0.25, -0.2) is 0 Å². The highest BCUT2D eigenvalue weighted by Crippen LogP contribution is 2.34. The molecule has 0 radical (unpaired) electrons. The fourth-order valence-electron chi connectivity index (χ4n) is 2.17. The van der Waals surface area contributed by atoms with Crippen molar-refractivity contribution in [2.75, 3.05) is 6.54 Å². The van der Waals surface area contributed by atoms with E-state index in [-0.39, 0.29) is 12.5 Å². The van der Waals surface area contributed by atoms with Crippen molar-refractivity contribution < 1.29 is 9.90 Å². The molecule has 0 spiro atoms. The maximum absolute atomic E-state index is 10.7. The van der Waals surface area contributed by atoms with Gasteiger partial charge in [-0.1, -0.05) is 0 Å². The van der Waals surface area contributed by atoms with Crippen LogP contribution in [0.15, 0.2) is 12.4 Å². The van der Waals surface area contributed by atoms with Gasteiger partial charge in [-0.15, -0.1) is 0 Å². The number of carboxylic acid groups (broad SMARTS) is 1. The van der Waals surface area contributed by atoms with Crippen LogP contribution in [0, 0.1) is 0 Å². The first kappa shape index (κ1) is 12.1. The highest BCUT2D eigenvalue weighted by molar-refractivity contribution is 5.66. The van der Waals surface area contributed by atoms with Crippen LogP contribution in [0.2, 0.25) is 0 Å². The molecule has 5 nitrogen and oxygen atoms in total. The Morgan fingerprint density at radius 2 is 2.41 bits per heavy atom. The molecule has 1 aliphatic rings. The zero-order valence-electron chi connectivity index (χ0n) is 10.3. The van der Waals surface area contributed by atoms with Crippen molar-refractivity contribution in [1.82, 2.24) is 14.7 Å². The molecule has 1 aromatic rings. The SMILES string of the molecule is CC(c1cnn(C)c1)N(CCC(=O)O)C1CC1. The summed E-state index contributed by atoms with van der Waals surface area (Å²) in [6.45, 7) is 2.74. The Hall–Kier alpha value is -1.36. The Labute approximate surface area is 101 Å². The van der Waals surface area contributed by atoms with Crippen LogP contribution in [0.4, 0.5) is 0 Å². The number of aryl methyl sites for hydroxylation is 1. The molecule has 17 heavy (non-hydrogen) atoms. The number of nitrogens with zero attached hydrogens (tertiary/aromatic N) is 3. The molecule has 1 N–H and O–H groups in total. The highest BCUT2D eigenvalue weighted by atomic mass is 16.4. The lowest BCUT2D eigenvalue weighted by atomic mass is 10.1. The largest absolute Gasteiger partial charge is 0.481 e. The first-order valence-corrected chi connectivity index (χ1v) is 6.04. The number of hydrogen-bond acceptors (Lipinski definition) is 3. The third kappa shape index (κ3) is 3.06. The molecule has 1 unspecified atom stereocenters. The molecule has 1 aromatic heterocycles. The van der Waals surface area contributed by atoms with E-state index in [1.54, 1.807) is 4.68 Å². The van der Waals surface area contributed by atoms with Crippen LogP contribution in [-0.2, 0) is 11.8 Å². The Morgan fingerprint density at radius 3 is 2.88 bits per heavy atom.